The Labute approximate surface area is 161 Å². The zero-order valence-electron chi connectivity index (χ0n) is 14.9. The minimum absolute atomic E-state index is 0.479. The SMILES string of the molecule is c1ccc(-c2nnc(CN3CCCC(c4nc5ccccc5s4)C3)o2)cc1. The Bertz CT molecular complexity index is 1010. The molecule has 27 heavy (non-hydrogen) atoms. The fraction of sp³-hybridized carbons (Fsp3) is 0.286. The van der Waals surface area contributed by atoms with Crippen molar-refractivity contribution in [3.05, 3.63) is 65.5 Å². The largest absolute Gasteiger partial charge is 0.419 e. The van der Waals surface area contributed by atoms with Crippen molar-refractivity contribution in [1.82, 2.24) is 20.1 Å². The van der Waals surface area contributed by atoms with Crippen LogP contribution >= 0.6 is 11.3 Å². The number of likely N-dealkylation sites (tertiary alicyclic amines) is 1. The molecule has 6 heteroatoms. The van der Waals surface area contributed by atoms with Crippen molar-refractivity contribution >= 4 is 21.6 Å². The Morgan fingerprint density at radius 1 is 1.04 bits per heavy atom. The predicted octanol–water partition coefficient (Wildman–Crippen LogP) is 4.73. The Hall–Kier alpha value is -2.57. The van der Waals surface area contributed by atoms with Crippen LogP contribution in [-0.2, 0) is 6.54 Å². The molecular formula is C21H20N4OS. The second kappa shape index (κ2) is 7.21. The number of piperidine rings is 1. The molecule has 0 bridgehead atoms. The van der Waals surface area contributed by atoms with Gasteiger partial charge in [-0.15, -0.1) is 21.5 Å². The highest BCUT2D eigenvalue weighted by atomic mass is 32.1. The number of rotatable bonds is 4. The van der Waals surface area contributed by atoms with Crippen LogP contribution in [0.15, 0.2) is 59.0 Å². The number of hydrogen-bond acceptors (Lipinski definition) is 6. The van der Waals surface area contributed by atoms with Crippen LogP contribution in [0.2, 0.25) is 0 Å². The van der Waals surface area contributed by atoms with Gasteiger partial charge in [-0.1, -0.05) is 30.3 Å². The Balaban J connectivity index is 1.29. The fourth-order valence-corrected chi connectivity index (χ4v) is 4.76. The van der Waals surface area contributed by atoms with Crippen molar-refractivity contribution in [2.24, 2.45) is 0 Å². The van der Waals surface area contributed by atoms with Gasteiger partial charge in [0.2, 0.25) is 11.8 Å². The molecule has 0 N–H and O–H groups in total. The summed E-state index contributed by atoms with van der Waals surface area (Å²) in [5.74, 6) is 1.75. The van der Waals surface area contributed by atoms with Crippen molar-refractivity contribution in [3.63, 3.8) is 0 Å². The van der Waals surface area contributed by atoms with E-state index < -0.39 is 0 Å². The first-order valence-electron chi connectivity index (χ1n) is 9.31. The van der Waals surface area contributed by atoms with Crippen LogP contribution in [0.25, 0.3) is 21.7 Å². The first-order chi connectivity index (χ1) is 13.3. The summed E-state index contributed by atoms with van der Waals surface area (Å²) in [6, 6.07) is 18.3. The maximum Gasteiger partial charge on any atom is 0.247 e. The normalized spacial score (nSPS) is 18.1. The zero-order valence-corrected chi connectivity index (χ0v) is 15.7. The molecule has 5 rings (SSSR count). The number of nitrogens with zero attached hydrogens (tertiary/aromatic N) is 4. The van der Waals surface area contributed by atoms with E-state index in [1.807, 2.05) is 41.7 Å². The minimum Gasteiger partial charge on any atom is -0.419 e. The van der Waals surface area contributed by atoms with E-state index in [4.69, 9.17) is 9.40 Å². The quantitative estimate of drug-likeness (QED) is 0.515. The summed E-state index contributed by atoms with van der Waals surface area (Å²) in [5, 5.41) is 9.70. The minimum atomic E-state index is 0.479. The molecule has 0 aliphatic carbocycles. The topological polar surface area (TPSA) is 55.1 Å². The summed E-state index contributed by atoms with van der Waals surface area (Å²) in [5.41, 5.74) is 2.07. The molecule has 0 radical (unpaired) electrons. The molecule has 1 atom stereocenters. The summed E-state index contributed by atoms with van der Waals surface area (Å²) >= 11 is 1.82. The van der Waals surface area contributed by atoms with Gasteiger partial charge < -0.3 is 4.42 Å². The summed E-state index contributed by atoms with van der Waals surface area (Å²) in [6.07, 6.45) is 2.36. The average Bonchev–Trinajstić information content (AvgIpc) is 3.36. The van der Waals surface area contributed by atoms with Gasteiger partial charge in [0.05, 0.1) is 21.8 Å². The van der Waals surface area contributed by atoms with Gasteiger partial charge in [-0.25, -0.2) is 4.98 Å². The van der Waals surface area contributed by atoms with Gasteiger partial charge in [-0.2, -0.15) is 0 Å². The summed E-state index contributed by atoms with van der Waals surface area (Å²) < 4.78 is 7.16. The molecule has 3 heterocycles. The number of hydrogen-bond donors (Lipinski definition) is 0. The van der Waals surface area contributed by atoms with Crippen LogP contribution in [-0.4, -0.2) is 33.2 Å². The predicted molar refractivity (Wildman–Crippen MR) is 107 cm³/mol. The van der Waals surface area contributed by atoms with Crippen LogP contribution in [0.3, 0.4) is 0 Å². The molecule has 0 saturated carbocycles. The molecule has 2 aromatic carbocycles. The van der Waals surface area contributed by atoms with Gasteiger partial charge >= 0.3 is 0 Å². The van der Waals surface area contributed by atoms with Crippen molar-refractivity contribution in [2.45, 2.75) is 25.3 Å². The molecule has 136 valence electrons. The number of para-hydroxylation sites is 1. The van der Waals surface area contributed by atoms with Gasteiger partial charge in [-0.05, 0) is 43.7 Å². The Morgan fingerprint density at radius 3 is 2.78 bits per heavy atom. The van der Waals surface area contributed by atoms with Gasteiger partial charge in [0.15, 0.2) is 0 Å². The van der Waals surface area contributed by atoms with E-state index in [2.05, 4.69) is 39.4 Å². The summed E-state index contributed by atoms with van der Waals surface area (Å²) in [7, 11) is 0. The molecule has 1 fully saturated rings. The third-order valence-electron chi connectivity index (χ3n) is 5.01. The third-order valence-corrected chi connectivity index (χ3v) is 6.21. The molecular weight excluding hydrogens is 356 g/mol. The molecule has 0 spiro atoms. The average molecular weight is 376 g/mol. The molecule has 1 aliphatic heterocycles. The smallest absolute Gasteiger partial charge is 0.247 e. The van der Waals surface area contributed by atoms with Crippen LogP contribution in [0.1, 0.15) is 29.7 Å². The molecule has 2 aromatic heterocycles. The molecule has 0 amide bonds. The van der Waals surface area contributed by atoms with E-state index >= 15 is 0 Å². The maximum atomic E-state index is 5.88. The van der Waals surface area contributed by atoms with Gasteiger partial charge in [0, 0.05) is 18.0 Å². The van der Waals surface area contributed by atoms with Crippen LogP contribution in [0.5, 0.6) is 0 Å². The van der Waals surface area contributed by atoms with E-state index in [9.17, 15) is 0 Å². The van der Waals surface area contributed by atoms with Crippen molar-refractivity contribution in [3.8, 4) is 11.5 Å². The number of benzene rings is 2. The van der Waals surface area contributed by atoms with Crippen molar-refractivity contribution in [1.29, 1.82) is 0 Å². The summed E-state index contributed by atoms with van der Waals surface area (Å²) in [4.78, 5) is 7.27. The Kier molecular flexibility index (Phi) is 4.43. The lowest BCUT2D eigenvalue weighted by atomic mass is 9.99. The van der Waals surface area contributed by atoms with E-state index in [1.54, 1.807) is 0 Å². The second-order valence-electron chi connectivity index (χ2n) is 6.96. The highest BCUT2D eigenvalue weighted by Crippen LogP contribution is 2.33. The van der Waals surface area contributed by atoms with E-state index in [-0.39, 0.29) is 0 Å². The molecule has 5 nitrogen and oxygen atoms in total. The maximum absolute atomic E-state index is 5.88. The first kappa shape index (κ1) is 16.6. The monoisotopic (exact) mass is 376 g/mol. The van der Waals surface area contributed by atoms with Gasteiger partial charge in [0.1, 0.15) is 0 Å². The van der Waals surface area contributed by atoms with Crippen molar-refractivity contribution < 1.29 is 4.42 Å². The number of fused-ring (bicyclic) bond motifs is 1. The number of thiazole rings is 1. The van der Waals surface area contributed by atoms with Crippen LogP contribution in [0, 0.1) is 0 Å². The lowest BCUT2D eigenvalue weighted by Gasteiger charge is -2.30. The van der Waals surface area contributed by atoms with Gasteiger partial charge in [0.25, 0.3) is 0 Å². The highest BCUT2D eigenvalue weighted by molar-refractivity contribution is 7.18. The summed E-state index contributed by atoms with van der Waals surface area (Å²) in [6.45, 7) is 2.74. The van der Waals surface area contributed by atoms with Crippen LogP contribution < -0.4 is 0 Å². The fourth-order valence-electron chi connectivity index (χ4n) is 3.67. The molecule has 1 unspecified atom stereocenters. The highest BCUT2D eigenvalue weighted by Gasteiger charge is 2.25. The third kappa shape index (κ3) is 3.50. The standard InChI is InChI=1S/C21H20N4OS/c1-2-7-15(8-3-1)20-24-23-19(26-20)14-25-12-6-9-16(13-25)21-22-17-10-4-5-11-18(17)27-21/h1-5,7-8,10-11,16H,6,9,12-14H2. The lowest BCUT2D eigenvalue weighted by molar-refractivity contribution is 0.184. The van der Waals surface area contributed by atoms with Crippen molar-refractivity contribution in [2.75, 3.05) is 13.1 Å². The van der Waals surface area contributed by atoms with Crippen LogP contribution in [0.4, 0.5) is 0 Å². The first-order valence-corrected chi connectivity index (χ1v) is 10.1. The Morgan fingerprint density at radius 2 is 1.89 bits per heavy atom. The second-order valence-corrected chi connectivity index (χ2v) is 8.02. The van der Waals surface area contributed by atoms with Gasteiger partial charge in [-0.3, -0.25) is 4.90 Å². The molecule has 1 saturated heterocycles. The number of aromatic nitrogens is 3. The van der Waals surface area contributed by atoms with E-state index in [0.717, 1.165) is 24.2 Å². The molecule has 1 aliphatic rings. The lowest BCUT2D eigenvalue weighted by Crippen LogP contribution is -2.33. The molecule has 4 aromatic rings. The van der Waals surface area contributed by atoms with E-state index in [0.29, 0.717) is 24.2 Å². The van der Waals surface area contributed by atoms with E-state index in [1.165, 1.54) is 22.5 Å². The zero-order chi connectivity index (χ0) is 18.1.